The number of carbonyl (C=O) groups excluding carboxylic acids is 1. The van der Waals surface area contributed by atoms with E-state index in [9.17, 15) is 27.2 Å². The summed E-state index contributed by atoms with van der Waals surface area (Å²) in [5, 5.41) is 11.3. The van der Waals surface area contributed by atoms with Crippen LogP contribution in [0.1, 0.15) is 13.8 Å². The Hall–Kier alpha value is -2.52. The number of benzene rings is 1. The molecule has 1 aromatic carbocycles. The Labute approximate surface area is 146 Å². The van der Waals surface area contributed by atoms with Crippen LogP contribution in [-0.2, 0) is 4.79 Å². The van der Waals surface area contributed by atoms with Crippen LogP contribution in [0.3, 0.4) is 0 Å². The number of rotatable bonds is 4. The number of nitrogens with zero attached hydrogens (tertiary/aromatic N) is 1. The summed E-state index contributed by atoms with van der Waals surface area (Å²) in [6, 6.07) is 2.42. The summed E-state index contributed by atoms with van der Waals surface area (Å²) >= 11 is 0. The van der Waals surface area contributed by atoms with Crippen LogP contribution in [0.25, 0.3) is 0 Å². The van der Waals surface area contributed by atoms with Gasteiger partial charge < -0.3 is 20.1 Å². The first-order valence-electron chi connectivity index (χ1n) is 7.80. The maximum absolute atomic E-state index is 13.5. The van der Waals surface area contributed by atoms with Crippen LogP contribution < -0.4 is 10.1 Å². The molecule has 0 bridgehead atoms. The van der Waals surface area contributed by atoms with Gasteiger partial charge in [-0.15, -0.1) is 0 Å². The summed E-state index contributed by atoms with van der Waals surface area (Å²) in [6.07, 6.45) is -5.03. The predicted octanol–water partition coefficient (Wildman–Crippen LogP) is 3.34. The SMILES string of the molecule is CC(C)Oc1ccc(F)cc1NC(=O)N1C[C@@H](C(F)(F)F)[C@H](C(=O)O)C1. The Morgan fingerprint density at radius 3 is 2.46 bits per heavy atom. The van der Waals surface area contributed by atoms with Crippen molar-refractivity contribution >= 4 is 17.7 Å². The van der Waals surface area contributed by atoms with Gasteiger partial charge in [-0.1, -0.05) is 0 Å². The molecule has 1 aliphatic heterocycles. The number of hydrogen-bond acceptors (Lipinski definition) is 3. The van der Waals surface area contributed by atoms with Gasteiger partial charge in [-0.05, 0) is 26.0 Å². The molecule has 0 aliphatic carbocycles. The van der Waals surface area contributed by atoms with Crippen LogP contribution in [0.5, 0.6) is 5.75 Å². The number of ether oxygens (including phenoxy) is 1. The van der Waals surface area contributed by atoms with Crippen LogP contribution in [0.15, 0.2) is 18.2 Å². The van der Waals surface area contributed by atoms with Crippen LogP contribution >= 0.6 is 0 Å². The van der Waals surface area contributed by atoms with Gasteiger partial charge in [0.25, 0.3) is 0 Å². The zero-order valence-corrected chi connectivity index (χ0v) is 14.0. The van der Waals surface area contributed by atoms with Crippen LogP contribution in [0.2, 0.25) is 0 Å². The molecule has 0 spiro atoms. The Bertz CT molecular complexity index is 693. The molecule has 2 N–H and O–H groups in total. The first kappa shape index (κ1) is 19.8. The maximum Gasteiger partial charge on any atom is 0.394 e. The quantitative estimate of drug-likeness (QED) is 0.788. The van der Waals surface area contributed by atoms with Crippen molar-refractivity contribution < 1.29 is 37.0 Å². The van der Waals surface area contributed by atoms with Gasteiger partial charge in [0.15, 0.2) is 0 Å². The molecular formula is C16H18F4N2O4. The monoisotopic (exact) mass is 378 g/mol. The molecule has 1 saturated heterocycles. The van der Waals surface area contributed by atoms with Gasteiger partial charge in [0.2, 0.25) is 0 Å². The number of carboxylic acids is 1. The van der Waals surface area contributed by atoms with Crippen LogP contribution in [0.4, 0.5) is 28.0 Å². The van der Waals surface area contributed by atoms with Gasteiger partial charge in [-0.3, -0.25) is 4.79 Å². The fourth-order valence-electron chi connectivity index (χ4n) is 2.70. The first-order valence-corrected chi connectivity index (χ1v) is 7.80. The lowest BCUT2D eigenvalue weighted by Crippen LogP contribution is -2.35. The van der Waals surface area contributed by atoms with Gasteiger partial charge in [0.05, 0.1) is 23.6 Å². The predicted molar refractivity (Wildman–Crippen MR) is 83.4 cm³/mol. The highest BCUT2D eigenvalue weighted by molar-refractivity contribution is 5.91. The van der Waals surface area contributed by atoms with E-state index in [2.05, 4.69) is 5.32 Å². The number of alkyl halides is 3. The number of nitrogens with one attached hydrogen (secondary N) is 1. The molecule has 26 heavy (non-hydrogen) atoms. The second-order valence-electron chi connectivity index (χ2n) is 6.24. The van der Waals surface area contributed by atoms with Gasteiger partial charge in [-0.25, -0.2) is 9.18 Å². The zero-order chi connectivity index (χ0) is 19.6. The lowest BCUT2D eigenvalue weighted by atomic mass is 9.96. The highest BCUT2D eigenvalue weighted by Gasteiger charge is 2.53. The molecule has 1 aliphatic rings. The molecule has 2 atom stereocenters. The summed E-state index contributed by atoms with van der Waals surface area (Å²) in [5.74, 6) is -6.06. The molecule has 2 amide bonds. The summed E-state index contributed by atoms with van der Waals surface area (Å²) in [6.45, 7) is 2.03. The number of aliphatic carboxylic acids is 1. The lowest BCUT2D eigenvalue weighted by molar-refractivity contribution is -0.187. The fraction of sp³-hybridized carbons (Fsp3) is 0.500. The average Bonchev–Trinajstić information content (AvgIpc) is 2.95. The Morgan fingerprint density at radius 2 is 1.96 bits per heavy atom. The van der Waals surface area contributed by atoms with Crippen molar-refractivity contribution in [1.82, 2.24) is 4.90 Å². The topological polar surface area (TPSA) is 78.9 Å². The molecule has 1 fully saturated rings. The molecule has 2 rings (SSSR count). The standard InChI is InChI=1S/C16H18F4N2O4/c1-8(2)26-13-4-3-9(17)5-12(13)21-15(25)22-6-10(14(23)24)11(7-22)16(18,19)20/h3-5,8,10-11H,6-7H2,1-2H3,(H,21,25)(H,23,24)/t10-,11-/m1/s1. The third kappa shape index (κ3) is 4.55. The van der Waals surface area contributed by atoms with Crippen molar-refractivity contribution in [2.75, 3.05) is 18.4 Å². The average molecular weight is 378 g/mol. The van der Waals surface area contributed by atoms with Crippen molar-refractivity contribution in [1.29, 1.82) is 0 Å². The maximum atomic E-state index is 13.5. The molecule has 10 heteroatoms. The van der Waals surface area contributed by atoms with Gasteiger partial charge in [0, 0.05) is 19.2 Å². The van der Waals surface area contributed by atoms with Crippen molar-refractivity contribution in [2.45, 2.75) is 26.1 Å². The Morgan fingerprint density at radius 1 is 1.31 bits per heavy atom. The zero-order valence-electron chi connectivity index (χ0n) is 14.0. The summed E-state index contributed by atoms with van der Waals surface area (Å²) in [7, 11) is 0. The number of likely N-dealkylation sites (tertiary alicyclic amines) is 1. The number of carbonyl (C=O) groups is 2. The number of hydrogen-bond donors (Lipinski definition) is 2. The van der Waals surface area contributed by atoms with Crippen molar-refractivity contribution in [3.63, 3.8) is 0 Å². The highest BCUT2D eigenvalue weighted by atomic mass is 19.4. The Kier molecular flexibility index (Phi) is 5.62. The summed E-state index contributed by atoms with van der Waals surface area (Å²) < 4.78 is 57.9. The smallest absolute Gasteiger partial charge is 0.394 e. The lowest BCUT2D eigenvalue weighted by Gasteiger charge is -2.20. The van der Waals surface area contributed by atoms with E-state index < -0.39 is 48.9 Å². The van der Waals surface area contributed by atoms with Crippen molar-refractivity contribution in [2.24, 2.45) is 11.8 Å². The molecule has 1 aromatic rings. The highest BCUT2D eigenvalue weighted by Crippen LogP contribution is 2.38. The molecule has 0 radical (unpaired) electrons. The van der Waals surface area contributed by atoms with E-state index in [0.717, 1.165) is 17.0 Å². The first-order chi connectivity index (χ1) is 12.0. The minimum atomic E-state index is -4.75. The number of urea groups is 1. The molecule has 0 saturated carbocycles. The second-order valence-corrected chi connectivity index (χ2v) is 6.24. The molecule has 0 unspecified atom stereocenters. The molecule has 6 nitrogen and oxygen atoms in total. The Balaban J connectivity index is 2.18. The third-order valence-corrected chi connectivity index (χ3v) is 3.89. The number of anilines is 1. The van der Waals surface area contributed by atoms with E-state index in [1.807, 2.05) is 0 Å². The van der Waals surface area contributed by atoms with Gasteiger partial charge >= 0.3 is 18.2 Å². The fourth-order valence-corrected chi connectivity index (χ4v) is 2.70. The van der Waals surface area contributed by atoms with E-state index in [1.165, 1.54) is 6.07 Å². The van der Waals surface area contributed by atoms with E-state index in [1.54, 1.807) is 13.8 Å². The second kappa shape index (κ2) is 7.38. The number of carboxylic acid groups (broad SMARTS) is 1. The summed E-state index contributed by atoms with van der Waals surface area (Å²) in [4.78, 5) is 24.1. The third-order valence-electron chi connectivity index (χ3n) is 3.89. The van der Waals surface area contributed by atoms with Crippen LogP contribution in [-0.4, -0.2) is 47.4 Å². The van der Waals surface area contributed by atoms with Crippen LogP contribution in [0, 0.1) is 17.7 Å². The number of halogens is 4. The normalized spacial score (nSPS) is 20.3. The van der Waals surface area contributed by atoms with E-state index in [0.29, 0.717) is 0 Å². The van der Waals surface area contributed by atoms with Gasteiger partial charge in [0.1, 0.15) is 11.6 Å². The number of amides is 2. The van der Waals surface area contributed by atoms with E-state index in [-0.39, 0.29) is 17.5 Å². The molecule has 144 valence electrons. The molecule has 1 heterocycles. The minimum absolute atomic E-state index is 0.0500. The minimum Gasteiger partial charge on any atom is -0.489 e. The largest absolute Gasteiger partial charge is 0.489 e. The van der Waals surface area contributed by atoms with E-state index in [4.69, 9.17) is 9.84 Å². The van der Waals surface area contributed by atoms with Crippen molar-refractivity contribution in [3.8, 4) is 5.75 Å². The van der Waals surface area contributed by atoms with Gasteiger partial charge in [-0.2, -0.15) is 13.2 Å². The van der Waals surface area contributed by atoms with E-state index >= 15 is 0 Å². The van der Waals surface area contributed by atoms with Crippen molar-refractivity contribution in [3.05, 3.63) is 24.0 Å². The summed E-state index contributed by atoms with van der Waals surface area (Å²) in [5.41, 5.74) is -0.0500. The molecular weight excluding hydrogens is 360 g/mol. The molecule has 0 aromatic heterocycles.